The molecule has 0 aliphatic carbocycles. The molecule has 0 radical (unpaired) electrons. The maximum Gasteiger partial charge on any atom is 0.129 e. The normalized spacial score (nSPS) is 11.7. The molecular weight excluding hydrogens is 246 g/mol. The zero-order valence-corrected chi connectivity index (χ0v) is 11.9. The molecule has 0 heterocycles. The van der Waals surface area contributed by atoms with Gasteiger partial charge in [-0.05, 0) is 44.0 Å². The number of rotatable bonds is 7. The molecule has 0 amide bonds. The van der Waals surface area contributed by atoms with Crippen molar-refractivity contribution in [2.24, 2.45) is 0 Å². The molecule has 0 aliphatic rings. The Bertz CT molecular complexity index is 536. The van der Waals surface area contributed by atoms with E-state index in [-0.39, 0.29) is 0 Å². The van der Waals surface area contributed by atoms with Crippen LogP contribution in [0.5, 0.6) is 11.5 Å². The van der Waals surface area contributed by atoms with E-state index >= 15 is 0 Å². The van der Waals surface area contributed by atoms with Gasteiger partial charge in [-0.25, -0.2) is 0 Å². The van der Waals surface area contributed by atoms with Gasteiger partial charge in [-0.15, -0.1) is 6.58 Å². The van der Waals surface area contributed by atoms with E-state index in [1.807, 2.05) is 54.6 Å². The van der Waals surface area contributed by atoms with Crippen molar-refractivity contribution >= 4 is 5.69 Å². The van der Waals surface area contributed by atoms with Crippen molar-refractivity contribution in [2.75, 3.05) is 5.32 Å². The highest BCUT2D eigenvalue weighted by molar-refractivity contribution is 5.49. The minimum absolute atomic E-state index is 0.417. The molecule has 20 heavy (non-hydrogen) atoms. The summed E-state index contributed by atoms with van der Waals surface area (Å²) >= 11 is 0. The Hall–Kier alpha value is -2.22. The Morgan fingerprint density at radius 1 is 1.10 bits per heavy atom. The van der Waals surface area contributed by atoms with Gasteiger partial charge in [0.25, 0.3) is 0 Å². The molecule has 2 aromatic carbocycles. The summed E-state index contributed by atoms with van der Waals surface area (Å²) in [6, 6.07) is 18.3. The van der Waals surface area contributed by atoms with Gasteiger partial charge in [-0.1, -0.05) is 30.3 Å². The first-order chi connectivity index (χ1) is 9.78. The zero-order valence-electron chi connectivity index (χ0n) is 11.9. The van der Waals surface area contributed by atoms with Crippen LogP contribution in [-0.4, -0.2) is 6.04 Å². The van der Waals surface area contributed by atoms with Crippen LogP contribution in [0, 0.1) is 0 Å². The van der Waals surface area contributed by atoms with Gasteiger partial charge in [0.2, 0.25) is 0 Å². The molecule has 0 fully saturated rings. The average Bonchev–Trinajstić information content (AvgIpc) is 2.46. The molecule has 2 rings (SSSR count). The summed E-state index contributed by atoms with van der Waals surface area (Å²) in [6.07, 6.45) is 4.05. The number of allylic oxidation sites excluding steroid dienone is 1. The summed E-state index contributed by atoms with van der Waals surface area (Å²) in [4.78, 5) is 0. The standard InChI is InChI=1S/C18H21NO/c1-3-4-9-15(2)19-16-10-8-13-18(14-16)20-17-11-6-5-7-12-17/h3,5-8,10-15,19H,1,4,9H2,2H3. The first-order valence-corrected chi connectivity index (χ1v) is 6.98. The number of hydrogen-bond donors (Lipinski definition) is 1. The quantitative estimate of drug-likeness (QED) is 0.692. The van der Waals surface area contributed by atoms with Crippen molar-refractivity contribution in [3.8, 4) is 11.5 Å². The highest BCUT2D eigenvalue weighted by atomic mass is 16.5. The highest BCUT2D eigenvalue weighted by Crippen LogP contribution is 2.24. The lowest BCUT2D eigenvalue weighted by Gasteiger charge is -2.15. The molecule has 0 aliphatic heterocycles. The van der Waals surface area contributed by atoms with Crippen LogP contribution in [0.3, 0.4) is 0 Å². The Balaban J connectivity index is 1.99. The van der Waals surface area contributed by atoms with Crippen LogP contribution in [-0.2, 0) is 0 Å². The van der Waals surface area contributed by atoms with Crippen molar-refractivity contribution in [3.05, 3.63) is 67.3 Å². The minimum Gasteiger partial charge on any atom is -0.457 e. The molecule has 0 aromatic heterocycles. The van der Waals surface area contributed by atoms with Crippen LogP contribution < -0.4 is 10.1 Å². The van der Waals surface area contributed by atoms with Crippen LogP contribution in [0.2, 0.25) is 0 Å². The third-order valence-corrected chi connectivity index (χ3v) is 3.03. The lowest BCUT2D eigenvalue weighted by Crippen LogP contribution is -2.14. The van der Waals surface area contributed by atoms with Crippen LogP contribution in [0.15, 0.2) is 67.3 Å². The van der Waals surface area contributed by atoms with Crippen molar-refractivity contribution < 1.29 is 4.74 Å². The van der Waals surface area contributed by atoms with Crippen molar-refractivity contribution in [2.45, 2.75) is 25.8 Å². The fourth-order valence-electron chi connectivity index (χ4n) is 2.00. The van der Waals surface area contributed by atoms with Crippen molar-refractivity contribution in [1.82, 2.24) is 0 Å². The molecule has 0 spiro atoms. The first kappa shape index (κ1) is 14.2. The molecule has 2 aromatic rings. The summed E-state index contributed by atoms with van der Waals surface area (Å²) in [5.74, 6) is 1.70. The molecule has 1 atom stereocenters. The summed E-state index contributed by atoms with van der Waals surface area (Å²) in [6.45, 7) is 5.93. The molecule has 104 valence electrons. The Morgan fingerprint density at radius 3 is 2.60 bits per heavy atom. The van der Waals surface area contributed by atoms with E-state index in [0.717, 1.165) is 30.0 Å². The van der Waals surface area contributed by atoms with E-state index in [0.29, 0.717) is 6.04 Å². The van der Waals surface area contributed by atoms with Gasteiger partial charge in [0.05, 0.1) is 0 Å². The van der Waals surface area contributed by atoms with E-state index in [2.05, 4.69) is 24.9 Å². The predicted molar refractivity (Wildman–Crippen MR) is 85.5 cm³/mol. The number of benzene rings is 2. The molecule has 2 nitrogen and oxygen atoms in total. The van der Waals surface area contributed by atoms with E-state index in [1.54, 1.807) is 0 Å². The molecule has 1 unspecified atom stereocenters. The maximum atomic E-state index is 5.83. The second-order valence-corrected chi connectivity index (χ2v) is 4.85. The first-order valence-electron chi connectivity index (χ1n) is 6.98. The fraction of sp³-hybridized carbons (Fsp3) is 0.222. The third-order valence-electron chi connectivity index (χ3n) is 3.03. The van der Waals surface area contributed by atoms with Crippen LogP contribution in [0.1, 0.15) is 19.8 Å². The summed E-state index contributed by atoms with van der Waals surface area (Å²) < 4.78 is 5.83. The smallest absolute Gasteiger partial charge is 0.129 e. The van der Waals surface area contributed by atoms with Crippen LogP contribution >= 0.6 is 0 Å². The number of anilines is 1. The maximum absolute atomic E-state index is 5.83. The van der Waals surface area contributed by atoms with Crippen LogP contribution in [0.4, 0.5) is 5.69 Å². The molecule has 0 bridgehead atoms. The lowest BCUT2D eigenvalue weighted by molar-refractivity contribution is 0.483. The van der Waals surface area contributed by atoms with E-state index in [9.17, 15) is 0 Å². The molecule has 2 heteroatoms. The molecule has 1 N–H and O–H groups in total. The lowest BCUT2D eigenvalue weighted by atomic mass is 10.1. The van der Waals surface area contributed by atoms with Gasteiger partial charge in [-0.3, -0.25) is 0 Å². The van der Waals surface area contributed by atoms with Gasteiger partial charge >= 0.3 is 0 Å². The Labute approximate surface area is 121 Å². The number of nitrogens with one attached hydrogen (secondary N) is 1. The molecule has 0 saturated carbocycles. The monoisotopic (exact) mass is 267 g/mol. The van der Waals surface area contributed by atoms with Gasteiger partial charge in [-0.2, -0.15) is 0 Å². The average molecular weight is 267 g/mol. The summed E-state index contributed by atoms with van der Waals surface area (Å²) in [7, 11) is 0. The second-order valence-electron chi connectivity index (χ2n) is 4.85. The number of para-hydroxylation sites is 1. The van der Waals surface area contributed by atoms with Gasteiger partial charge < -0.3 is 10.1 Å². The van der Waals surface area contributed by atoms with E-state index in [4.69, 9.17) is 4.74 Å². The Morgan fingerprint density at radius 2 is 1.85 bits per heavy atom. The highest BCUT2D eigenvalue weighted by Gasteiger charge is 2.02. The summed E-state index contributed by atoms with van der Waals surface area (Å²) in [5, 5.41) is 3.48. The topological polar surface area (TPSA) is 21.3 Å². The van der Waals surface area contributed by atoms with Gasteiger partial charge in [0, 0.05) is 17.8 Å². The zero-order chi connectivity index (χ0) is 14.2. The van der Waals surface area contributed by atoms with E-state index < -0.39 is 0 Å². The minimum atomic E-state index is 0.417. The second kappa shape index (κ2) is 7.39. The Kier molecular flexibility index (Phi) is 5.24. The van der Waals surface area contributed by atoms with Crippen LogP contribution in [0.25, 0.3) is 0 Å². The van der Waals surface area contributed by atoms with Gasteiger partial charge in [0.15, 0.2) is 0 Å². The van der Waals surface area contributed by atoms with Crippen molar-refractivity contribution in [3.63, 3.8) is 0 Å². The number of hydrogen-bond acceptors (Lipinski definition) is 2. The third kappa shape index (κ3) is 4.47. The largest absolute Gasteiger partial charge is 0.457 e. The molecular formula is C18H21NO. The van der Waals surface area contributed by atoms with E-state index in [1.165, 1.54) is 0 Å². The summed E-state index contributed by atoms with van der Waals surface area (Å²) in [5.41, 5.74) is 1.08. The van der Waals surface area contributed by atoms with Crippen molar-refractivity contribution in [1.29, 1.82) is 0 Å². The molecule has 0 saturated heterocycles. The number of ether oxygens (including phenoxy) is 1. The predicted octanol–water partition coefficient (Wildman–Crippen LogP) is 5.25. The van der Waals surface area contributed by atoms with Gasteiger partial charge in [0.1, 0.15) is 11.5 Å². The SMILES string of the molecule is C=CCCC(C)Nc1cccc(Oc2ccccc2)c1. The fourth-order valence-corrected chi connectivity index (χ4v) is 2.00.